The molecule has 8 heteroatoms. The van der Waals surface area contributed by atoms with E-state index in [9.17, 15) is 4.79 Å². The van der Waals surface area contributed by atoms with E-state index in [0.29, 0.717) is 32.8 Å². The summed E-state index contributed by atoms with van der Waals surface area (Å²) in [7, 11) is 0. The summed E-state index contributed by atoms with van der Waals surface area (Å²) in [5.74, 6) is -0.0248. The van der Waals surface area contributed by atoms with E-state index in [0.717, 1.165) is 5.56 Å². The van der Waals surface area contributed by atoms with Crippen LogP contribution >= 0.6 is 46.4 Å². The van der Waals surface area contributed by atoms with Crippen molar-refractivity contribution in [1.29, 1.82) is 0 Å². The highest BCUT2D eigenvalue weighted by atomic mass is 35.5. The minimum absolute atomic E-state index is 0.468. The van der Waals surface area contributed by atoms with E-state index in [1.165, 1.54) is 0 Å². The van der Waals surface area contributed by atoms with Gasteiger partial charge in [-0.3, -0.25) is 4.79 Å². The molecule has 0 bridgehead atoms. The van der Waals surface area contributed by atoms with Gasteiger partial charge in [-0.05, 0) is 24.3 Å². The third-order valence-electron chi connectivity index (χ3n) is 3.37. The highest BCUT2D eigenvalue weighted by Crippen LogP contribution is 2.36. The van der Waals surface area contributed by atoms with Crippen molar-refractivity contribution in [1.82, 2.24) is 5.16 Å². The third-order valence-corrected chi connectivity index (χ3v) is 4.39. The lowest BCUT2D eigenvalue weighted by molar-refractivity contribution is -0.114. The van der Waals surface area contributed by atoms with Crippen LogP contribution in [0, 0.1) is 0 Å². The van der Waals surface area contributed by atoms with E-state index in [1.54, 1.807) is 48.5 Å². The Bertz CT molecular complexity index is 887. The highest BCUT2D eigenvalue weighted by molar-refractivity contribution is 6.54. The fourth-order valence-corrected chi connectivity index (χ4v) is 2.88. The number of aromatic nitrogens is 1. The van der Waals surface area contributed by atoms with Gasteiger partial charge in [0.1, 0.15) is 5.69 Å². The molecule has 0 aliphatic carbocycles. The van der Waals surface area contributed by atoms with E-state index >= 15 is 0 Å². The average Bonchev–Trinajstić information content (AvgIpc) is 3.05. The summed E-state index contributed by atoms with van der Waals surface area (Å²) in [5, 5.41) is 7.58. The molecule has 0 unspecified atom stereocenters. The highest BCUT2D eigenvalue weighted by Gasteiger charge is 2.15. The average molecular weight is 416 g/mol. The summed E-state index contributed by atoms with van der Waals surface area (Å²) in [4.78, 5) is 10.3. The van der Waals surface area contributed by atoms with Crippen molar-refractivity contribution < 1.29 is 9.32 Å². The van der Waals surface area contributed by atoms with Crippen molar-refractivity contribution in [3.8, 4) is 22.6 Å². The molecule has 2 aromatic carbocycles. The number of benzene rings is 2. The Labute approximate surface area is 163 Å². The SMILES string of the molecule is O=C(Nc1ccc(-c2cc(-c3c(Cl)cccc3Cl)on2)cc1)C(Cl)Cl. The second kappa shape index (κ2) is 7.67. The largest absolute Gasteiger partial charge is 0.356 e. The monoisotopic (exact) mass is 414 g/mol. The Morgan fingerprint density at radius 2 is 1.68 bits per heavy atom. The Morgan fingerprint density at radius 1 is 1.04 bits per heavy atom. The Morgan fingerprint density at radius 3 is 2.28 bits per heavy atom. The number of carbonyl (C=O) groups is 1. The number of nitrogens with zero attached hydrogens (tertiary/aromatic N) is 1. The van der Waals surface area contributed by atoms with Gasteiger partial charge in [0.25, 0.3) is 5.91 Å². The Hall–Kier alpha value is -1.72. The van der Waals surface area contributed by atoms with Gasteiger partial charge in [0.2, 0.25) is 0 Å². The van der Waals surface area contributed by atoms with Crippen LogP contribution in [-0.4, -0.2) is 15.9 Å². The lowest BCUT2D eigenvalue weighted by atomic mass is 10.1. The van der Waals surface area contributed by atoms with Crippen LogP contribution in [0.5, 0.6) is 0 Å². The predicted molar refractivity (Wildman–Crippen MR) is 102 cm³/mol. The van der Waals surface area contributed by atoms with Crippen molar-refractivity contribution in [3.05, 3.63) is 58.6 Å². The number of hydrogen-bond acceptors (Lipinski definition) is 3. The zero-order valence-electron chi connectivity index (χ0n) is 12.5. The maximum atomic E-state index is 11.5. The zero-order valence-corrected chi connectivity index (χ0v) is 15.5. The summed E-state index contributed by atoms with van der Waals surface area (Å²) < 4.78 is 5.37. The van der Waals surface area contributed by atoms with Crippen LogP contribution in [0.1, 0.15) is 0 Å². The second-order valence-electron chi connectivity index (χ2n) is 5.04. The molecule has 3 aromatic rings. The molecule has 0 atom stereocenters. The fraction of sp³-hybridized carbons (Fsp3) is 0.0588. The molecule has 4 nitrogen and oxygen atoms in total. The summed E-state index contributed by atoms with van der Waals surface area (Å²) >= 11 is 23.4. The van der Waals surface area contributed by atoms with Gasteiger partial charge in [0.05, 0.1) is 15.6 Å². The number of nitrogens with one attached hydrogen (secondary N) is 1. The van der Waals surface area contributed by atoms with Crippen LogP contribution in [0.15, 0.2) is 53.1 Å². The smallest absolute Gasteiger partial charge is 0.257 e. The lowest BCUT2D eigenvalue weighted by Crippen LogP contribution is -2.18. The normalized spacial score (nSPS) is 10.9. The van der Waals surface area contributed by atoms with Crippen molar-refractivity contribution in [2.24, 2.45) is 0 Å². The van der Waals surface area contributed by atoms with Crippen molar-refractivity contribution in [2.75, 3.05) is 5.32 Å². The van der Waals surface area contributed by atoms with Crippen molar-refractivity contribution >= 4 is 58.0 Å². The van der Waals surface area contributed by atoms with Crippen LogP contribution < -0.4 is 5.32 Å². The van der Waals surface area contributed by atoms with E-state index in [4.69, 9.17) is 50.9 Å². The number of rotatable bonds is 4. The van der Waals surface area contributed by atoms with E-state index < -0.39 is 10.7 Å². The minimum Gasteiger partial charge on any atom is -0.356 e. The first-order valence-electron chi connectivity index (χ1n) is 7.06. The van der Waals surface area contributed by atoms with E-state index in [2.05, 4.69) is 10.5 Å². The van der Waals surface area contributed by atoms with Gasteiger partial charge in [0.15, 0.2) is 10.6 Å². The fourth-order valence-electron chi connectivity index (χ4n) is 2.18. The third kappa shape index (κ3) is 4.10. The molecule has 25 heavy (non-hydrogen) atoms. The molecular weight excluding hydrogens is 406 g/mol. The van der Waals surface area contributed by atoms with Crippen LogP contribution in [0.3, 0.4) is 0 Å². The molecule has 3 rings (SSSR count). The first-order valence-corrected chi connectivity index (χ1v) is 8.69. The van der Waals surface area contributed by atoms with Crippen LogP contribution in [0.25, 0.3) is 22.6 Å². The maximum absolute atomic E-state index is 11.5. The molecule has 0 saturated heterocycles. The van der Waals surface area contributed by atoms with Crippen LogP contribution in [-0.2, 0) is 4.79 Å². The van der Waals surface area contributed by atoms with Gasteiger partial charge < -0.3 is 9.84 Å². The standard InChI is InChI=1S/C17H10Cl4N2O2/c18-11-2-1-3-12(19)15(11)14-8-13(23-25-14)9-4-6-10(7-5-9)22-17(24)16(20)21/h1-8,16H,(H,22,24). The lowest BCUT2D eigenvalue weighted by Gasteiger charge is -2.05. The summed E-state index contributed by atoms with van der Waals surface area (Å²) in [6.45, 7) is 0. The minimum atomic E-state index is -1.13. The number of alkyl halides is 2. The van der Waals surface area contributed by atoms with E-state index in [1.807, 2.05) is 0 Å². The molecule has 128 valence electrons. The van der Waals surface area contributed by atoms with Crippen LogP contribution in [0.4, 0.5) is 5.69 Å². The van der Waals surface area contributed by atoms with Crippen molar-refractivity contribution in [2.45, 2.75) is 4.84 Å². The first kappa shape index (κ1) is 18.1. The first-order chi connectivity index (χ1) is 12.0. The maximum Gasteiger partial charge on any atom is 0.257 e. The quantitative estimate of drug-likeness (QED) is 0.527. The molecule has 0 aliphatic rings. The molecule has 0 radical (unpaired) electrons. The van der Waals surface area contributed by atoms with Gasteiger partial charge in [-0.2, -0.15) is 0 Å². The number of carbonyl (C=O) groups excluding carboxylic acids is 1. The molecule has 0 saturated carbocycles. The number of hydrogen-bond donors (Lipinski definition) is 1. The van der Waals surface area contributed by atoms with Crippen molar-refractivity contribution in [3.63, 3.8) is 0 Å². The molecule has 0 spiro atoms. The molecule has 0 fully saturated rings. The van der Waals surface area contributed by atoms with Gasteiger partial charge in [-0.25, -0.2) is 0 Å². The molecular formula is C17H10Cl4N2O2. The molecule has 0 aliphatic heterocycles. The topological polar surface area (TPSA) is 55.1 Å². The molecule has 1 amide bonds. The van der Waals surface area contributed by atoms with Gasteiger partial charge >= 0.3 is 0 Å². The molecule has 1 aromatic heterocycles. The zero-order chi connectivity index (χ0) is 18.0. The molecule has 1 heterocycles. The summed E-state index contributed by atoms with van der Waals surface area (Å²) in [6, 6.07) is 13.9. The molecule has 1 N–H and O–H groups in total. The number of anilines is 1. The Kier molecular flexibility index (Phi) is 5.54. The van der Waals surface area contributed by atoms with Crippen LogP contribution in [0.2, 0.25) is 10.0 Å². The summed E-state index contributed by atoms with van der Waals surface area (Å²) in [6.07, 6.45) is 0. The predicted octanol–water partition coefficient (Wildman–Crippen LogP) is 6.06. The summed E-state index contributed by atoms with van der Waals surface area (Å²) in [5.41, 5.74) is 2.56. The Balaban J connectivity index is 1.84. The number of halogens is 4. The van der Waals surface area contributed by atoms with E-state index in [-0.39, 0.29) is 0 Å². The second-order valence-corrected chi connectivity index (χ2v) is 6.95. The van der Waals surface area contributed by atoms with Gasteiger partial charge in [0, 0.05) is 17.3 Å². The van der Waals surface area contributed by atoms with Gasteiger partial charge in [-0.1, -0.05) is 69.8 Å². The van der Waals surface area contributed by atoms with Gasteiger partial charge in [-0.15, -0.1) is 0 Å². The number of amides is 1.